The van der Waals surface area contributed by atoms with Gasteiger partial charge in [0.15, 0.2) is 0 Å². The van der Waals surface area contributed by atoms with Crippen molar-refractivity contribution < 1.29 is 18.7 Å². The monoisotopic (exact) mass is 329 g/mol. The number of aromatic carboxylic acids is 1. The van der Waals surface area contributed by atoms with Gasteiger partial charge < -0.3 is 9.67 Å². The molecule has 0 radical (unpaired) electrons. The van der Waals surface area contributed by atoms with E-state index in [9.17, 15) is 18.7 Å². The molecule has 7 heteroatoms. The summed E-state index contributed by atoms with van der Waals surface area (Å²) in [6.45, 7) is 1.62. The van der Waals surface area contributed by atoms with Gasteiger partial charge in [0.25, 0.3) is 0 Å². The number of aromatic nitrogens is 3. The average Bonchev–Trinajstić information content (AvgIpc) is 2.86. The highest BCUT2D eigenvalue weighted by molar-refractivity contribution is 5.92. The molecule has 122 valence electrons. The fraction of sp³-hybridized carbons (Fsp3) is 0.118. The lowest BCUT2D eigenvalue weighted by molar-refractivity contribution is 0.0696. The van der Waals surface area contributed by atoms with Gasteiger partial charge in [0, 0.05) is 18.6 Å². The Balaban J connectivity index is 2.22. The third kappa shape index (κ3) is 2.76. The van der Waals surface area contributed by atoms with E-state index < -0.39 is 17.6 Å². The van der Waals surface area contributed by atoms with Crippen LogP contribution in [0.3, 0.4) is 0 Å². The van der Waals surface area contributed by atoms with E-state index in [1.165, 1.54) is 23.8 Å². The number of hydrogen-bond acceptors (Lipinski definition) is 3. The lowest BCUT2D eigenvalue weighted by Crippen LogP contribution is -2.06. The third-order valence-corrected chi connectivity index (χ3v) is 3.69. The Hall–Kier alpha value is -3.09. The molecule has 0 aliphatic heterocycles. The van der Waals surface area contributed by atoms with Crippen molar-refractivity contribution in [2.24, 2.45) is 0 Å². The molecule has 0 aliphatic rings. The van der Waals surface area contributed by atoms with Crippen LogP contribution in [0.15, 0.2) is 42.9 Å². The van der Waals surface area contributed by atoms with Crippen LogP contribution in [0.5, 0.6) is 0 Å². The normalized spacial score (nSPS) is 10.8. The molecule has 0 aliphatic carbocycles. The van der Waals surface area contributed by atoms with Gasteiger partial charge in [-0.3, -0.25) is 0 Å². The molecule has 0 saturated carbocycles. The number of benzene rings is 1. The first-order chi connectivity index (χ1) is 11.5. The van der Waals surface area contributed by atoms with Gasteiger partial charge in [-0.25, -0.2) is 23.5 Å². The highest BCUT2D eigenvalue weighted by Gasteiger charge is 2.23. The second kappa shape index (κ2) is 6.19. The molecule has 0 unspecified atom stereocenters. The van der Waals surface area contributed by atoms with E-state index in [-0.39, 0.29) is 28.9 Å². The maximum absolute atomic E-state index is 14.2. The first-order valence-electron chi connectivity index (χ1n) is 7.12. The fourth-order valence-electron chi connectivity index (χ4n) is 2.62. The second-order valence-electron chi connectivity index (χ2n) is 5.21. The fourth-order valence-corrected chi connectivity index (χ4v) is 2.62. The predicted octanol–water partition coefficient (Wildman–Crippen LogP) is 3.28. The SMILES string of the molecule is Cc1c(C(=O)O)cn(Cc2ncccn2)c1-c1c(F)cccc1F. The molecule has 2 heterocycles. The largest absolute Gasteiger partial charge is 0.478 e. The van der Waals surface area contributed by atoms with Gasteiger partial charge in [-0.1, -0.05) is 6.07 Å². The number of halogens is 2. The molecule has 0 atom stereocenters. The van der Waals surface area contributed by atoms with Crippen LogP contribution in [0, 0.1) is 18.6 Å². The zero-order chi connectivity index (χ0) is 17.3. The number of nitrogens with zero attached hydrogens (tertiary/aromatic N) is 3. The number of carbonyl (C=O) groups is 1. The van der Waals surface area contributed by atoms with Crippen molar-refractivity contribution in [3.05, 3.63) is 71.4 Å². The van der Waals surface area contributed by atoms with Gasteiger partial charge in [-0.15, -0.1) is 0 Å². The summed E-state index contributed by atoms with van der Waals surface area (Å²) in [5.41, 5.74) is 0.153. The lowest BCUT2D eigenvalue weighted by Gasteiger charge is -2.11. The molecule has 3 rings (SSSR count). The minimum absolute atomic E-state index is 0.0245. The van der Waals surface area contributed by atoms with E-state index in [1.807, 2.05) is 0 Å². The van der Waals surface area contributed by atoms with Crippen LogP contribution in [-0.2, 0) is 6.54 Å². The van der Waals surface area contributed by atoms with Crippen LogP contribution in [0.4, 0.5) is 8.78 Å². The van der Waals surface area contributed by atoms with Crippen molar-refractivity contribution in [1.29, 1.82) is 0 Å². The summed E-state index contributed by atoms with van der Waals surface area (Å²) in [6, 6.07) is 5.17. The highest BCUT2D eigenvalue weighted by atomic mass is 19.1. The zero-order valence-electron chi connectivity index (χ0n) is 12.7. The first-order valence-corrected chi connectivity index (χ1v) is 7.12. The van der Waals surface area contributed by atoms with Crippen LogP contribution in [0.1, 0.15) is 21.7 Å². The molecule has 0 saturated heterocycles. The molecule has 5 nitrogen and oxygen atoms in total. The van der Waals surface area contributed by atoms with Crippen LogP contribution >= 0.6 is 0 Å². The summed E-state index contributed by atoms with van der Waals surface area (Å²) in [7, 11) is 0. The summed E-state index contributed by atoms with van der Waals surface area (Å²) in [6.07, 6.45) is 4.43. The van der Waals surface area contributed by atoms with E-state index in [2.05, 4.69) is 9.97 Å². The predicted molar refractivity (Wildman–Crippen MR) is 82.6 cm³/mol. The topological polar surface area (TPSA) is 68.0 Å². The Morgan fingerprint density at radius 3 is 2.38 bits per heavy atom. The molecular weight excluding hydrogens is 316 g/mol. The van der Waals surface area contributed by atoms with E-state index in [4.69, 9.17) is 0 Å². The molecular formula is C17H13F2N3O2. The van der Waals surface area contributed by atoms with E-state index in [0.717, 1.165) is 12.1 Å². The molecule has 1 N–H and O–H groups in total. The maximum Gasteiger partial charge on any atom is 0.337 e. The summed E-state index contributed by atoms with van der Waals surface area (Å²) in [5, 5.41) is 9.32. The Morgan fingerprint density at radius 2 is 1.79 bits per heavy atom. The summed E-state index contributed by atoms with van der Waals surface area (Å²) in [4.78, 5) is 19.5. The molecule has 0 fully saturated rings. The molecule has 0 bridgehead atoms. The van der Waals surface area contributed by atoms with Gasteiger partial charge in [0.05, 0.1) is 23.4 Å². The smallest absolute Gasteiger partial charge is 0.337 e. The molecule has 0 spiro atoms. The van der Waals surface area contributed by atoms with Gasteiger partial charge in [0.2, 0.25) is 0 Å². The van der Waals surface area contributed by atoms with Crippen molar-refractivity contribution in [2.75, 3.05) is 0 Å². The van der Waals surface area contributed by atoms with E-state index in [1.54, 1.807) is 18.5 Å². The Morgan fingerprint density at radius 1 is 1.17 bits per heavy atom. The van der Waals surface area contributed by atoms with Gasteiger partial charge in [0.1, 0.15) is 17.5 Å². The molecule has 1 aromatic carbocycles. The number of carboxylic acids is 1. The quantitative estimate of drug-likeness (QED) is 0.797. The summed E-state index contributed by atoms with van der Waals surface area (Å²) < 4.78 is 29.9. The second-order valence-corrected chi connectivity index (χ2v) is 5.21. The number of hydrogen-bond donors (Lipinski definition) is 1. The van der Waals surface area contributed by atoms with Crippen molar-refractivity contribution in [1.82, 2.24) is 14.5 Å². The number of carboxylic acid groups (broad SMARTS) is 1. The Kier molecular flexibility index (Phi) is 4.07. The molecule has 2 aromatic heterocycles. The van der Waals surface area contributed by atoms with Crippen molar-refractivity contribution >= 4 is 5.97 Å². The van der Waals surface area contributed by atoms with Crippen molar-refractivity contribution in [3.63, 3.8) is 0 Å². The van der Waals surface area contributed by atoms with Crippen molar-refractivity contribution in [3.8, 4) is 11.3 Å². The van der Waals surface area contributed by atoms with E-state index in [0.29, 0.717) is 5.82 Å². The Labute approximate surface area is 136 Å². The highest BCUT2D eigenvalue weighted by Crippen LogP contribution is 2.32. The zero-order valence-corrected chi connectivity index (χ0v) is 12.7. The summed E-state index contributed by atoms with van der Waals surface area (Å²) >= 11 is 0. The Bertz CT molecular complexity index is 887. The average molecular weight is 329 g/mol. The van der Waals surface area contributed by atoms with Crippen molar-refractivity contribution in [2.45, 2.75) is 13.5 Å². The molecule has 0 amide bonds. The maximum atomic E-state index is 14.2. The standard InChI is InChI=1S/C17H13F2N3O2/c1-10-11(17(23)24)8-22(9-14-20-6-3-7-21-14)16(10)15-12(18)4-2-5-13(15)19/h2-8H,9H2,1H3,(H,23,24). The van der Waals surface area contributed by atoms with Crippen LogP contribution < -0.4 is 0 Å². The minimum atomic E-state index is -1.17. The minimum Gasteiger partial charge on any atom is -0.478 e. The van der Waals surface area contributed by atoms with Crippen LogP contribution in [-0.4, -0.2) is 25.6 Å². The lowest BCUT2D eigenvalue weighted by atomic mass is 10.0. The van der Waals surface area contributed by atoms with Gasteiger partial charge in [-0.2, -0.15) is 0 Å². The van der Waals surface area contributed by atoms with Gasteiger partial charge >= 0.3 is 5.97 Å². The van der Waals surface area contributed by atoms with Crippen LogP contribution in [0.2, 0.25) is 0 Å². The third-order valence-electron chi connectivity index (χ3n) is 3.69. The molecule has 3 aromatic rings. The number of rotatable bonds is 4. The first kappa shape index (κ1) is 15.8. The molecule has 24 heavy (non-hydrogen) atoms. The van der Waals surface area contributed by atoms with Gasteiger partial charge in [-0.05, 0) is 30.7 Å². The van der Waals surface area contributed by atoms with Crippen LogP contribution in [0.25, 0.3) is 11.3 Å². The summed E-state index contributed by atoms with van der Waals surface area (Å²) in [5.74, 6) is -2.28. The van der Waals surface area contributed by atoms with E-state index >= 15 is 0 Å².